The summed E-state index contributed by atoms with van der Waals surface area (Å²) < 4.78 is 0. The molecule has 0 N–H and O–H groups in total. The standard InChI is InChI=1S/C5H11NS/c1-6(2)4-3-5-7/h5H,3-4H2,1-2H3. The van der Waals surface area contributed by atoms with Crippen LogP contribution in [0.5, 0.6) is 0 Å². The first-order valence-corrected chi connectivity index (χ1v) is 2.83. The van der Waals surface area contributed by atoms with E-state index in [1.54, 1.807) is 5.37 Å². The van der Waals surface area contributed by atoms with Gasteiger partial charge in [-0.15, -0.1) is 0 Å². The quantitative estimate of drug-likeness (QED) is 0.506. The molecule has 0 atom stereocenters. The number of rotatable bonds is 3. The molecule has 2 heteroatoms. The molecule has 7 heavy (non-hydrogen) atoms. The highest BCUT2D eigenvalue weighted by Crippen LogP contribution is 1.76. The molecule has 0 unspecified atom stereocenters. The topological polar surface area (TPSA) is 3.24 Å². The molecule has 42 valence electrons. The average Bonchev–Trinajstić information content (AvgIpc) is 1.61. The Balaban J connectivity index is 2.81. The summed E-state index contributed by atoms with van der Waals surface area (Å²) in [6.07, 6.45) is 1.02. The molecule has 0 heterocycles. The van der Waals surface area contributed by atoms with Crippen molar-refractivity contribution < 1.29 is 0 Å². The lowest BCUT2D eigenvalue weighted by molar-refractivity contribution is 0.424. The Hall–Kier alpha value is 0.0500. The summed E-state index contributed by atoms with van der Waals surface area (Å²) in [5.74, 6) is 0. The van der Waals surface area contributed by atoms with E-state index >= 15 is 0 Å². The highest BCUT2D eigenvalue weighted by molar-refractivity contribution is 7.78. The van der Waals surface area contributed by atoms with E-state index in [-0.39, 0.29) is 0 Å². The molecule has 0 rings (SSSR count). The fraction of sp³-hybridized carbons (Fsp3) is 0.800. The molecule has 1 nitrogen and oxygen atoms in total. The van der Waals surface area contributed by atoms with Crippen molar-refractivity contribution in [3.05, 3.63) is 0 Å². The maximum absolute atomic E-state index is 4.62. The van der Waals surface area contributed by atoms with Gasteiger partial charge in [-0.3, -0.25) is 0 Å². The van der Waals surface area contributed by atoms with Crippen LogP contribution in [0.3, 0.4) is 0 Å². The van der Waals surface area contributed by atoms with E-state index in [9.17, 15) is 0 Å². The third kappa shape index (κ3) is 6.05. The van der Waals surface area contributed by atoms with Crippen LogP contribution in [0.1, 0.15) is 6.42 Å². The minimum Gasteiger partial charge on any atom is -0.309 e. The summed E-state index contributed by atoms with van der Waals surface area (Å²) in [6.45, 7) is 1.07. The van der Waals surface area contributed by atoms with Gasteiger partial charge in [-0.05, 0) is 25.9 Å². The van der Waals surface area contributed by atoms with Gasteiger partial charge >= 0.3 is 0 Å². The van der Waals surface area contributed by atoms with E-state index in [0.29, 0.717) is 0 Å². The van der Waals surface area contributed by atoms with Crippen molar-refractivity contribution >= 4 is 17.6 Å². The van der Waals surface area contributed by atoms with Crippen LogP contribution >= 0.6 is 12.2 Å². The van der Waals surface area contributed by atoms with E-state index < -0.39 is 0 Å². The van der Waals surface area contributed by atoms with Crippen LogP contribution in [0.4, 0.5) is 0 Å². The van der Waals surface area contributed by atoms with Gasteiger partial charge in [0, 0.05) is 6.54 Å². The van der Waals surface area contributed by atoms with Crippen molar-refractivity contribution in [3.8, 4) is 0 Å². The Labute approximate surface area is 50.3 Å². The summed E-state index contributed by atoms with van der Waals surface area (Å²) in [6, 6.07) is 0. The van der Waals surface area contributed by atoms with Crippen molar-refractivity contribution in [2.75, 3.05) is 20.6 Å². The minimum absolute atomic E-state index is 1.02. The van der Waals surface area contributed by atoms with Gasteiger partial charge in [0.25, 0.3) is 0 Å². The summed E-state index contributed by atoms with van der Waals surface area (Å²) in [5, 5.41) is 1.76. The molecule has 0 aliphatic carbocycles. The SMILES string of the molecule is CN(C)CCC=S. The molecule has 0 aromatic heterocycles. The summed E-state index contributed by atoms with van der Waals surface area (Å²) in [7, 11) is 4.08. The molecule has 0 saturated heterocycles. The Bertz CT molecular complexity index is 52.0. The third-order valence-corrected chi connectivity index (χ3v) is 0.930. The van der Waals surface area contributed by atoms with Crippen molar-refractivity contribution in [2.24, 2.45) is 0 Å². The molecule has 0 amide bonds. The predicted molar refractivity (Wildman–Crippen MR) is 36.8 cm³/mol. The second kappa shape index (κ2) is 4.22. The lowest BCUT2D eigenvalue weighted by atomic mass is 10.5. The zero-order valence-electron chi connectivity index (χ0n) is 4.85. The average molecular weight is 117 g/mol. The Morgan fingerprint density at radius 1 is 1.57 bits per heavy atom. The monoisotopic (exact) mass is 117 g/mol. The molecular weight excluding hydrogens is 106 g/mol. The largest absolute Gasteiger partial charge is 0.309 e. The van der Waals surface area contributed by atoms with Gasteiger partial charge in [0.15, 0.2) is 0 Å². The van der Waals surface area contributed by atoms with E-state index in [1.165, 1.54) is 0 Å². The first-order valence-electron chi connectivity index (χ1n) is 2.35. The molecule has 0 saturated carbocycles. The van der Waals surface area contributed by atoms with Crippen molar-refractivity contribution in [3.63, 3.8) is 0 Å². The molecular formula is C5H11NS. The van der Waals surface area contributed by atoms with Crippen LogP contribution < -0.4 is 0 Å². The van der Waals surface area contributed by atoms with Gasteiger partial charge in [0.2, 0.25) is 0 Å². The second-order valence-corrected chi connectivity index (χ2v) is 2.09. The predicted octanol–water partition coefficient (Wildman–Crippen LogP) is 0.938. The van der Waals surface area contributed by atoms with Gasteiger partial charge < -0.3 is 4.90 Å². The van der Waals surface area contributed by atoms with Gasteiger partial charge in [-0.2, -0.15) is 0 Å². The Morgan fingerprint density at radius 3 is 2.29 bits per heavy atom. The molecule has 0 spiro atoms. The zero-order chi connectivity index (χ0) is 5.70. The van der Waals surface area contributed by atoms with Gasteiger partial charge in [-0.1, -0.05) is 12.2 Å². The van der Waals surface area contributed by atoms with E-state index in [2.05, 4.69) is 17.1 Å². The summed E-state index contributed by atoms with van der Waals surface area (Å²) >= 11 is 4.62. The number of hydrogen-bond acceptors (Lipinski definition) is 2. The molecule has 0 radical (unpaired) electrons. The highest BCUT2D eigenvalue weighted by atomic mass is 32.1. The van der Waals surface area contributed by atoms with Gasteiger partial charge in [0.05, 0.1) is 0 Å². The van der Waals surface area contributed by atoms with Crippen LogP contribution in [-0.4, -0.2) is 30.9 Å². The lowest BCUT2D eigenvalue weighted by Gasteiger charge is -2.04. The summed E-state index contributed by atoms with van der Waals surface area (Å²) in [4.78, 5) is 2.11. The van der Waals surface area contributed by atoms with Gasteiger partial charge in [-0.25, -0.2) is 0 Å². The van der Waals surface area contributed by atoms with E-state index in [0.717, 1.165) is 13.0 Å². The lowest BCUT2D eigenvalue weighted by Crippen LogP contribution is -2.12. The van der Waals surface area contributed by atoms with Crippen LogP contribution in [0.15, 0.2) is 0 Å². The Kier molecular flexibility index (Phi) is 4.25. The maximum atomic E-state index is 4.62. The number of thiocarbonyl (C=S) groups is 1. The van der Waals surface area contributed by atoms with Crippen LogP contribution in [0.2, 0.25) is 0 Å². The fourth-order valence-corrected chi connectivity index (χ4v) is 0.416. The van der Waals surface area contributed by atoms with E-state index in [1.807, 2.05) is 14.1 Å². The smallest absolute Gasteiger partial charge is 0.00180 e. The van der Waals surface area contributed by atoms with Crippen LogP contribution in [-0.2, 0) is 0 Å². The normalized spacial score (nSPS) is 9.57. The second-order valence-electron chi connectivity index (χ2n) is 1.76. The van der Waals surface area contributed by atoms with Crippen molar-refractivity contribution in [2.45, 2.75) is 6.42 Å². The van der Waals surface area contributed by atoms with Crippen LogP contribution in [0.25, 0.3) is 0 Å². The molecule has 0 aliphatic heterocycles. The molecule has 0 bridgehead atoms. The Morgan fingerprint density at radius 2 is 2.14 bits per heavy atom. The van der Waals surface area contributed by atoms with Gasteiger partial charge in [0.1, 0.15) is 0 Å². The maximum Gasteiger partial charge on any atom is 0.00180 e. The fourth-order valence-electron chi connectivity index (χ4n) is 0.311. The van der Waals surface area contributed by atoms with Crippen molar-refractivity contribution in [1.82, 2.24) is 4.90 Å². The molecule has 0 fully saturated rings. The first kappa shape index (κ1) is 7.05. The molecule has 0 aliphatic rings. The number of nitrogens with zero attached hydrogens (tertiary/aromatic N) is 1. The molecule has 0 aromatic rings. The number of hydrogen-bond donors (Lipinski definition) is 0. The van der Waals surface area contributed by atoms with Crippen molar-refractivity contribution in [1.29, 1.82) is 0 Å². The first-order chi connectivity index (χ1) is 3.27. The zero-order valence-corrected chi connectivity index (χ0v) is 5.66. The third-order valence-electron chi connectivity index (χ3n) is 0.694. The van der Waals surface area contributed by atoms with E-state index in [4.69, 9.17) is 0 Å². The highest BCUT2D eigenvalue weighted by Gasteiger charge is 1.82. The summed E-state index contributed by atoms with van der Waals surface area (Å²) in [5.41, 5.74) is 0. The van der Waals surface area contributed by atoms with Crippen LogP contribution in [0, 0.1) is 0 Å². The molecule has 0 aromatic carbocycles. The minimum atomic E-state index is 1.02.